The number of aromatic nitrogens is 2. The predicted octanol–water partition coefficient (Wildman–Crippen LogP) is 1.78. The number of amides is 1. The van der Waals surface area contributed by atoms with Crippen LogP contribution in [0.2, 0.25) is 0 Å². The SMILES string of the molecule is NC(=O)/C=C/c1cnc(-c2ccc(F)cc2)nc1. The van der Waals surface area contributed by atoms with Crippen LogP contribution < -0.4 is 5.73 Å². The summed E-state index contributed by atoms with van der Waals surface area (Å²) in [4.78, 5) is 18.8. The van der Waals surface area contributed by atoms with E-state index in [1.165, 1.54) is 24.3 Å². The van der Waals surface area contributed by atoms with Gasteiger partial charge >= 0.3 is 0 Å². The van der Waals surface area contributed by atoms with Gasteiger partial charge < -0.3 is 5.73 Å². The van der Waals surface area contributed by atoms with Gasteiger partial charge in [-0.15, -0.1) is 0 Å². The predicted molar refractivity (Wildman–Crippen MR) is 65.7 cm³/mol. The highest BCUT2D eigenvalue weighted by molar-refractivity contribution is 5.90. The molecule has 18 heavy (non-hydrogen) atoms. The van der Waals surface area contributed by atoms with Gasteiger partial charge in [-0.3, -0.25) is 4.79 Å². The zero-order valence-corrected chi connectivity index (χ0v) is 9.38. The average molecular weight is 243 g/mol. The van der Waals surface area contributed by atoms with E-state index in [-0.39, 0.29) is 5.82 Å². The molecular weight excluding hydrogens is 233 g/mol. The van der Waals surface area contributed by atoms with Crippen molar-refractivity contribution in [3.05, 3.63) is 54.1 Å². The van der Waals surface area contributed by atoms with Crippen LogP contribution in [-0.4, -0.2) is 15.9 Å². The molecule has 0 bridgehead atoms. The molecular formula is C13H10FN3O. The highest BCUT2D eigenvalue weighted by atomic mass is 19.1. The Bertz CT molecular complexity index is 576. The minimum atomic E-state index is -0.530. The van der Waals surface area contributed by atoms with E-state index < -0.39 is 5.91 Å². The Balaban J connectivity index is 2.22. The summed E-state index contributed by atoms with van der Waals surface area (Å²) in [6, 6.07) is 5.90. The number of carbonyl (C=O) groups excluding carboxylic acids is 1. The maximum Gasteiger partial charge on any atom is 0.241 e. The van der Waals surface area contributed by atoms with Gasteiger partial charge in [-0.1, -0.05) is 0 Å². The zero-order chi connectivity index (χ0) is 13.0. The van der Waals surface area contributed by atoms with Crippen LogP contribution in [0.1, 0.15) is 5.56 Å². The summed E-state index contributed by atoms with van der Waals surface area (Å²) in [5.41, 5.74) is 6.36. The fraction of sp³-hybridized carbons (Fsp3) is 0. The van der Waals surface area contributed by atoms with Crippen molar-refractivity contribution in [2.24, 2.45) is 5.73 Å². The number of hydrogen-bond acceptors (Lipinski definition) is 3. The lowest BCUT2D eigenvalue weighted by atomic mass is 10.2. The Morgan fingerprint density at radius 3 is 2.33 bits per heavy atom. The molecule has 0 spiro atoms. The van der Waals surface area contributed by atoms with E-state index >= 15 is 0 Å². The number of benzene rings is 1. The number of nitrogens with zero attached hydrogens (tertiary/aromatic N) is 2. The second kappa shape index (κ2) is 5.18. The minimum absolute atomic E-state index is 0.306. The molecule has 2 rings (SSSR count). The van der Waals surface area contributed by atoms with Crippen molar-refractivity contribution in [3.63, 3.8) is 0 Å². The highest BCUT2D eigenvalue weighted by Gasteiger charge is 2.00. The highest BCUT2D eigenvalue weighted by Crippen LogP contribution is 2.14. The monoisotopic (exact) mass is 243 g/mol. The van der Waals surface area contributed by atoms with Crippen molar-refractivity contribution >= 4 is 12.0 Å². The van der Waals surface area contributed by atoms with E-state index in [0.29, 0.717) is 11.4 Å². The molecule has 2 aromatic rings. The van der Waals surface area contributed by atoms with E-state index in [0.717, 1.165) is 5.56 Å². The van der Waals surface area contributed by atoms with Gasteiger partial charge in [0.1, 0.15) is 5.82 Å². The van der Waals surface area contributed by atoms with E-state index in [4.69, 9.17) is 5.73 Å². The third-order valence-corrected chi connectivity index (χ3v) is 2.21. The van der Waals surface area contributed by atoms with Crippen LogP contribution in [0.3, 0.4) is 0 Å². The Labute approximate surface area is 103 Å². The standard InChI is InChI=1S/C13H10FN3O/c14-11-4-2-10(3-5-11)13-16-7-9(8-17-13)1-6-12(15)18/h1-8H,(H2,15,18)/b6-1+. The lowest BCUT2D eigenvalue weighted by Crippen LogP contribution is -2.05. The largest absolute Gasteiger partial charge is 0.366 e. The topological polar surface area (TPSA) is 68.9 Å². The van der Waals surface area contributed by atoms with Crippen LogP contribution in [0, 0.1) is 5.82 Å². The molecule has 1 heterocycles. The molecule has 0 saturated carbocycles. The molecule has 1 amide bonds. The van der Waals surface area contributed by atoms with Crippen molar-refractivity contribution < 1.29 is 9.18 Å². The molecule has 4 nitrogen and oxygen atoms in total. The van der Waals surface area contributed by atoms with Crippen LogP contribution in [0.4, 0.5) is 4.39 Å². The lowest BCUT2D eigenvalue weighted by Gasteiger charge is -1.99. The molecule has 2 N–H and O–H groups in total. The molecule has 0 aliphatic carbocycles. The molecule has 0 fully saturated rings. The van der Waals surface area contributed by atoms with Crippen LogP contribution in [0.15, 0.2) is 42.7 Å². The first-order valence-corrected chi connectivity index (χ1v) is 5.20. The number of rotatable bonds is 3. The first-order chi connectivity index (χ1) is 8.65. The van der Waals surface area contributed by atoms with Crippen LogP contribution in [0.25, 0.3) is 17.5 Å². The summed E-state index contributed by atoms with van der Waals surface area (Å²) < 4.78 is 12.7. The van der Waals surface area contributed by atoms with Crippen molar-refractivity contribution in [2.75, 3.05) is 0 Å². The molecule has 0 saturated heterocycles. The fourth-order valence-corrected chi connectivity index (χ4v) is 1.35. The second-order valence-electron chi connectivity index (χ2n) is 3.58. The summed E-state index contributed by atoms with van der Waals surface area (Å²) in [5.74, 6) is -0.344. The van der Waals surface area contributed by atoms with Crippen LogP contribution in [0.5, 0.6) is 0 Å². The van der Waals surface area contributed by atoms with Gasteiger partial charge in [0, 0.05) is 29.6 Å². The van der Waals surface area contributed by atoms with Crippen molar-refractivity contribution in [2.45, 2.75) is 0 Å². The summed E-state index contributed by atoms with van der Waals surface area (Å²) in [5, 5.41) is 0. The number of halogens is 1. The summed E-state index contributed by atoms with van der Waals surface area (Å²) >= 11 is 0. The molecule has 90 valence electrons. The van der Waals surface area contributed by atoms with Crippen LogP contribution >= 0.6 is 0 Å². The van der Waals surface area contributed by atoms with Gasteiger partial charge in [-0.25, -0.2) is 14.4 Å². The third-order valence-electron chi connectivity index (χ3n) is 2.21. The summed E-state index contributed by atoms with van der Waals surface area (Å²) in [7, 11) is 0. The molecule has 0 aliphatic heterocycles. The minimum Gasteiger partial charge on any atom is -0.366 e. The van der Waals surface area contributed by atoms with Gasteiger partial charge in [-0.05, 0) is 30.3 Å². The van der Waals surface area contributed by atoms with Gasteiger partial charge in [0.15, 0.2) is 5.82 Å². The first-order valence-electron chi connectivity index (χ1n) is 5.20. The van der Waals surface area contributed by atoms with Crippen LogP contribution in [-0.2, 0) is 4.79 Å². The molecule has 0 aliphatic rings. The van der Waals surface area contributed by atoms with E-state index in [2.05, 4.69) is 9.97 Å². The second-order valence-corrected chi connectivity index (χ2v) is 3.58. The van der Waals surface area contributed by atoms with Crippen molar-refractivity contribution in [3.8, 4) is 11.4 Å². The zero-order valence-electron chi connectivity index (χ0n) is 9.38. The Morgan fingerprint density at radius 2 is 1.78 bits per heavy atom. The number of nitrogens with two attached hydrogens (primary N) is 1. The van der Waals surface area contributed by atoms with Gasteiger partial charge in [0.25, 0.3) is 0 Å². The number of carbonyl (C=O) groups is 1. The average Bonchev–Trinajstić information content (AvgIpc) is 2.38. The van der Waals surface area contributed by atoms with E-state index in [9.17, 15) is 9.18 Å². The maximum absolute atomic E-state index is 12.7. The first kappa shape index (κ1) is 11.9. The quantitative estimate of drug-likeness (QED) is 0.835. The normalized spacial score (nSPS) is 10.7. The van der Waals surface area contributed by atoms with Gasteiger partial charge in [0.05, 0.1) is 0 Å². The van der Waals surface area contributed by atoms with E-state index in [1.54, 1.807) is 24.5 Å². The molecule has 1 aromatic heterocycles. The fourth-order valence-electron chi connectivity index (χ4n) is 1.35. The molecule has 0 unspecified atom stereocenters. The van der Waals surface area contributed by atoms with Crippen molar-refractivity contribution in [1.29, 1.82) is 0 Å². The Kier molecular flexibility index (Phi) is 3.43. The van der Waals surface area contributed by atoms with Gasteiger partial charge in [-0.2, -0.15) is 0 Å². The molecule has 5 heteroatoms. The van der Waals surface area contributed by atoms with E-state index in [1.807, 2.05) is 0 Å². The third kappa shape index (κ3) is 2.98. The Morgan fingerprint density at radius 1 is 1.17 bits per heavy atom. The molecule has 0 radical (unpaired) electrons. The summed E-state index contributed by atoms with van der Waals surface area (Å²) in [6.07, 6.45) is 5.88. The van der Waals surface area contributed by atoms with Gasteiger partial charge in [0.2, 0.25) is 5.91 Å². The molecule has 0 atom stereocenters. The smallest absolute Gasteiger partial charge is 0.241 e. The van der Waals surface area contributed by atoms with Crippen molar-refractivity contribution in [1.82, 2.24) is 9.97 Å². The maximum atomic E-state index is 12.7. The Hall–Kier alpha value is -2.56. The number of primary amides is 1. The lowest BCUT2D eigenvalue weighted by molar-refractivity contribution is -0.113. The number of hydrogen-bond donors (Lipinski definition) is 1. The molecule has 1 aromatic carbocycles. The summed E-state index contributed by atoms with van der Waals surface area (Å²) in [6.45, 7) is 0.